The Bertz CT molecular complexity index is 1270. The molecule has 0 aliphatic heterocycles. The topological polar surface area (TPSA) is 151 Å². The van der Waals surface area contributed by atoms with Crippen molar-refractivity contribution in [2.75, 3.05) is 5.32 Å². The monoisotopic (exact) mass is 568 g/mol. The fourth-order valence-electron chi connectivity index (χ4n) is 4.29. The van der Waals surface area contributed by atoms with E-state index in [1.165, 1.54) is 11.0 Å². The first-order chi connectivity index (χ1) is 19.0. The van der Waals surface area contributed by atoms with Crippen LogP contribution in [0.15, 0.2) is 42.5 Å². The van der Waals surface area contributed by atoms with Crippen LogP contribution in [-0.4, -0.2) is 51.0 Å². The Morgan fingerprint density at radius 2 is 1.63 bits per heavy atom. The van der Waals surface area contributed by atoms with Crippen LogP contribution in [0.4, 0.5) is 10.5 Å². The second kappa shape index (κ2) is 13.5. The molecule has 10 nitrogen and oxygen atoms in total. The molecule has 0 saturated carbocycles. The molecule has 0 heterocycles. The Morgan fingerprint density at radius 1 is 1.00 bits per heavy atom. The number of hydrogen-bond acceptors (Lipinski definition) is 6. The zero-order valence-corrected chi connectivity index (χ0v) is 25.3. The van der Waals surface area contributed by atoms with E-state index in [0.717, 1.165) is 5.56 Å². The molecule has 0 spiro atoms. The van der Waals surface area contributed by atoms with Crippen LogP contribution in [0.3, 0.4) is 0 Å². The Morgan fingerprint density at radius 3 is 2.17 bits per heavy atom. The van der Waals surface area contributed by atoms with Crippen LogP contribution >= 0.6 is 0 Å². The van der Waals surface area contributed by atoms with Gasteiger partial charge in [0.25, 0.3) is 5.91 Å². The van der Waals surface area contributed by atoms with E-state index in [1.54, 1.807) is 52.0 Å². The number of benzene rings is 2. The molecule has 2 aromatic rings. The lowest BCUT2D eigenvalue weighted by Crippen LogP contribution is -2.59. The molecule has 0 aromatic heterocycles. The highest BCUT2D eigenvalue weighted by atomic mass is 16.6. The van der Waals surface area contributed by atoms with Crippen molar-refractivity contribution < 1.29 is 29.0 Å². The number of nitrogens with one attached hydrogen (secondary N) is 2. The number of para-hydroxylation sites is 1. The van der Waals surface area contributed by atoms with Gasteiger partial charge in [-0.25, -0.2) is 4.79 Å². The molecule has 224 valence electrons. The average Bonchev–Trinajstić information content (AvgIpc) is 2.86. The number of carbonyl (C=O) groups is 4. The smallest absolute Gasteiger partial charge is 0.408 e. The average molecular weight is 569 g/mol. The summed E-state index contributed by atoms with van der Waals surface area (Å²) in [5, 5.41) is 15.8. The van der Waals surface area contributed by atoms with Crippen molar-refractivity contribution in [3.63, 3.8) is 0 Å². The van der Waals surface area contributed by atoms with Crippen LogP contribution in [0.2, 0.25) is 0 Å². The normalized spacial score (nSPS) is 13.1. The number of phenolic OH excluding ortho intramolecular Hbond substituents is 1. The van der Waals surface area contributed by atoms with Crippen molar-refractivity contribution in [3.8, 4) is 5.75 Å². The summed E-state index contributed by atoms with van der Waals surface area (Å²) in [7, 11) is 0. The molecule has 41 heavy (non-hydrogen) atoms. The van der Waals surface area contributed by atoms with Crippen LogP contribution in [0.25, 0.3) is 0 Å². The third-order valence-electron chi connectivity index (χ3n) is 6.87. The maximum Gasteiger partial charge on any atom is 0.408 e. The molecule has 0 bridgehead atoms. The van der Waals surface area contributed by atoms with Gasteiger partial charge in [-0.2, -0.15) is 0 Å². The van der Waals surface area contributed by atoms with Gasteiger partial charge in [0.05, 0.1) is 0 Å². The summed E-state index contributed by atoms with van der Waals surface area (Å²) < 4.78 is 5.39. The van der Waals surface area contributed by atoms with Gasteiger partial charge >= 0.3 is 6.09 Å². The quantitative estimate of drug-likeness (QED) is 0.304. The van der Waals surface area contributed by atoms with Crippen molar-refractivity contribution in [1.82, 2.24) is 10.2 Å². The maximum absolute atomic E-state index is 14.4. The Labute approximate surface area is 242 Å². The number of alkyl carbamates (subject to hydrolysis) is 1. The van der Waals surface area contributed by atoms with E-state index in [2.05, 4.69) is 10.6 Å². The maximum atomic E-state index is 14.4. The first-order valence-corrected chi connectivity index (χ1v) is 13.7. The molecule has 0 aliphatic rings. The molecule has 0 radical (unpaired) electrons. The van der Waals surface area contributed by atoms with Gasteiger partial charge < -0.3 is 31.1 Å². The molecule has 0 aliphatic carbocycles. The van der Waals surface area contributed by atoms with E-state index in [9.17, 15) is 24.3 Å². The predicted octanol–water partition coefficient (Wildman–Crippen LogP) is 4.86. The number of aryl methyl sites for hydroxylation is 2. The fourth-order valence-corrected chi connectivity index (χ4v) is 4.29. The summed E-state index contributed by atoms with van der Waals surface area (Å²) in [6.07, 6.45) is -0.648. The minimum absolute atomic E-state index is 0.0466. The van der Waals surface area contributed by atoms with Gasteiger partial charge in [0.2, 0.25) is 11.8 Å². The number of hydrogen-bond donors (Lipinski definition) is 4. The standard InChI is InChI=1S/C31H44N4O6/c1-9-31(7,8)35(28(39)23(15-17-25(32)37)34-29(40)41-30(4,5)6)26(21-14-16-24(36)20(3)18-21)27(38)33-22-13-11-10-12-19(22)2/h10-14,16,18,23,26,36H,9,15,17H2,1-8H3,(H2,32,37)(H,33,38)(H,34,40). The summed E-state index contributed by atoms with van der Waals surface area (Å²) >= 11 is 0. The van der Waals surface area contributed by atoms with Crippen molar-refractivity contribution in [1.29, 1.82) is 0 Å². The molecule has 2 unspecified atom stereocenters. The van der Waals surface area contributed by atoms with Gasteiger partial charge in [0.1, 0.15) is 23.4 Å². The number of nitrogens with zero attached hydrogens (tertiary/aromatic N) is 1. The van der Waals surface area contributed by atoms with Crippen molar-refractivity contribution >= 4 is 29.5 Å². The van der Waals surface area contributed by atoms with Gasteiger partial charge in [-0.1, -0.05) is 31.2 Å². The molecule has 4 amide bonds. The summed E-state index contributed by atoms with van der Waals surface area (Å²) in [4.78, 5) is 54.4. The number of ether oxygens (including phenoxy) is 1. The highest BCUT2D eigenvalue weighted by Crippen LogP contribution is 2.35. The van der Waals surface area contributed by atoms with Gasteiger partial charge in [0, 0.05) is 17.6 Å². The number of rotatable bonds is 11. The summed E-state index contributed by atoms with van der Waals surface area (Å²) in [5.74, 6) is -1.66. The third-order valence-corrected chi connectivity index (χ3v) is 6.87. The van der Waals surface area contributed by atoms with Crippen LogP contribution in [0.5, 0.6) is 5.75 Å². The molecular formula is C31H44N4O6. The molecule has 5 N–H and O–H groups in total. The largest absolute Gasteiger partial charge is 0.508 e. The van der Waals surface area contributed by atoms with Crippen LogP contribution < -0.4 is 16.4 Å². The molecule has 2 atom stereocenters. The highest BCUT2D eigenvalue weighted by Gasteiger charge is 2.43. The molecule has 10 heteroatoms. The lowest BCUT2D eigenvalue weighted by Gasteiger charge is -2.44. The Kier molecular flexibility index (Phi) is 10.9. The van der Waals surface area contributed by atoms with E-state index in [0.29, 0.717) is 23.2 Å². The number of primary amides is 1. The molecule has 0 fully saturated rings. The van der Waals surface area contributed by atoms with Crippen molar-refractivity contribution in [2.45, 2.75) is 97.9 Å². The Balaban J connectivity index is 2.69. The third kappa shape index (κ3) is 9.23. The number of nitrogens with two attached hydrogens (primary N) is 1. The lowest BCUT2D eigenvalue weighted by atomic mass is 9.91. The number of phenols is 1. The summed E-state index contributed by atoms with van der Waals surface area (Å²) in [6, 6.07) is 9.63. The summed E-state index contributed by atoms with van der Waals surface area (Å²) in [6.45, 7) is 14.2. The van der Waals surface area contributed by atoms with E-state index in [1.807, 2.05) is 39.8 Å². The summed E-state index contributed by atoms with van der Waals surface area (Å²) in [5.41, 5.74) is 6.08. The van der Waals surface area contributed by atoms with Gasteiger partial charge in [-0.05, 0) is 96.2 Å². The number of amides is 4. The minimum atomic E-state index is -1.21. The van der Waals surface area contributed by atoms with Crippen molar-refractivity contribution in [2.24, 2.45) is 5.73 Å². The first-order valence-electron chi connectivity index (χ1n) is 13.7. The second-order valence-electron chi connectivity index (χ2n) is 11.8. The number of carbonyl (C=O) groups excluding carboxylic acids is 4. The highest BCUT2D eigenvalue weighted by molar-refractivity contribution is 5.99. The van der Waals surface area contributed by atoms with Gasteiger partial charge in [0.15, 0.2) is 0 Å². The van der Waals surface area contributed by atoms with Gasteiger partial charge in [-0.3, -0.25) is 14.4 Å². The lowest BCUT2D eigenvalue weighted by molar-refractivity contribution is -0.148. The van der Waals surface area contributed by atoms with E-state index in [4.69, 9.17) is 10.5 Å². The van der Waals surface area contributed by atoms with E-state index < -0.39 is 47.0 Å². The first kappa shape index (κ1) is 33.1. The van der Waals surface area contributed by atoms with Crippen LogP contribution in [0.1, 0.15) is 83.5 Å². The van der Waals surface area contributed by atoms with Crippen LogP contribution in [-0.2, 0) is 19.1 Å². The second-order valence-corrected chi connectivity index (χ2v) is 11.8. The molecule has 0 saturated heterocycles. The molecular weight excluding hydrogens is 524 g/mol. The fraction of sp³-hybridized carbons (Fsp3) is 0.484. The van der Waals surface area contributed by atoms with E-state index in [-0.39, 0.29) is 18.6 Å². The molecule has 2 aromatic carbocycles. The van der Waals surface area contributed by atoms with Crippen LogP contribution in [0, 0.1) is 13.8 Å². The van der Waals surface area contributed by atoms with E-state index >= 15 is 0 Å². The number of aromatic hydroxyl groups is 1. The zero-order valence-electron chi connectivity index (χ0n) is 25.3. The Hall–Kier alpha value is -4.08. The zero-order chi connectivity index (χ0) is 31.1. The number of anilines is 1. The SMILES string of the molecule is CCC(C)(C)N(C(=O)C(CCC(N)=O)NC(=O)OC(C)(C)C)C(C(=O)Nc1ccccc1C)c1ccc(O)c(C)c1. The molecule has 2 rings (SSSR count). The van der Waals surface area contributed by atoms with Crippen molar-refractivity contribution in [3.05, 3.63) is 59.2 Å². The minimum Gasteiger partial charge on any atom is -0.508 e. The predicted molar refractivity (Wildman–Crippen MR) is 158 cm³/mol. The van der Waals surface area contributed by atoms with Gasteiger partial charge in [-0.15, -0.1) is 0 Å².